The van der Waals surface area contributed by atoms with E-state index in [0.717, 1.165) is 50.8 Å². The molecule has 0 radical (unpaired) electrons. The van der Waals surface area contributed by atoms with E-state index >= 15 is 0 Å². The third-order valence-corrected chi connectivity index (χ3v) is 9.09. The van der Waals surface area contributed by atoms with E-state index in [0.29, 0.717) is 11.7 Å². The van der Waals surface area contributed by atoms with Gasteiger partial charge in [0.2, 0.25) is 5.91 Å². The number of urea groups is 1. The van der Waals surface area contributed by atoms with E-state index in [-0.39, 0.29) is 24.0 Å². The van der Waals surface area contributed by atoms with Gasteiger partial charge in [-0.15, -0.1) is 0 Å². The second kappa shape index (κ2) is 10.9. The summed E-state index contributed by atoms with van der Waals surface area (Å²) in [6.07, 6.45) is 8.86. The fourth-order valence-corrected chi connectivity index (χ4v) is 7.16. The molecular weight excluding hydrogens is 454 g/mol. The molecule has 184 valence electrons. The molecule has 0 unspecified atom stereocenters. The van der Waals surface area contributed by atoms with E-state index in [1.54, 1.807) is 0 Å². The summed E-state index contributed by atoms with van der Waals surface area (Å²) in [7, 11) is 1.92. The fourth-order valence-electron chi connectivity index (χ4n) is 5.62. The van der Waals surface area contributed by atoms with Crippen molar-refractivity contribution in [2.45, 2.75) is 62.3 Å². The molecule has 3 atom stereocenters. The Kier molecular flexibility index (Phi) is 7.47. The molecule has 6 heteroatoms. The number of carbonyl (C=O) groups is 2. The lowest BCUT2D eigenvalue weighted by Crippen LogP contribution is -2.36. The number of nitrogens with one attached hydrogen (secondary N) is 2. The first-order valence-electron chi connectivity index (χ1n) is 12.9. The Bertz CT molecular complexity index is 1070. The minimum Gasteiger partial charge on any atom is -0.345 e. The summed E-state index contributed by atoms with van der Waals surface area (Å²) >= 11 is 1.94. The number of carbonyl (C=O) groups excluding carboxylic acids is 2. The number of fused-ring (bicyclic) bond motifs is 3. The molecule has 0 saturated carbocycles. The Hall–Kier alpha value is -2.73. The van der Waals surface area contributed by atoms with E-state index in [2.05, 4.69) is 65.2 Å². The van der Waals surface area contributed by atoms with Crippen LogP contribution < -0.4 is 10.6 Å². The third-order valence-electron chi connectivity index (χ3n) is 7.58. The van der Waals surface area contributed by atoms with E-state index < -0.39 is 0 Å². The molecule has 3 amide bonds. The number of thioether (sulfide) groups is 1. The quantitative estimate of drug-likeness (QED) is 0.414. The van der Waals surface area contributed by atoms with Crippen molar-refractivity contribution in [3.63, 3.8) is 0 Å². The molecule has 2 N–H and O–H groups in total. The van der Waals surface area contributed by atoms with Crippen LogP contribution in [-0.4, -0.2) is 53.5 Å². The van der Waals surface area contributed by atoms with Crippen LogP contribution in [0.1, 0.15) is 54.4 Å². The van der Waals surface area contributed by atoms with E-state index in [4.69, 9.17) is 0 Å². The highest BCUT2D eigenvalue weighted by Crippen LogP contribution is 2.34. The Labute approximate surface area is 212 Å². The van der Waals surface area contributed by atoms with Crippen molar-refractivity contribution in [3.8, 4) is 0 Å². The molecule has 2 aromatic carbocycles. The second-order valence-electron chi connectivity index (χ2n) is 9.90. The standard InChI is InChI=1S/C29H35N3O2S/c1-32(27(33)15-7-6-14-26-28-25(19-35-26)30-29(34)31-28)18-8-13-24-22-11-4-2-9-20(22)16-17-21-10-3-5-12-23(21)24/h2-5,9-13,25-26,28H,6-8,14-19H2,1H3,(H2,30,31,34)/t25-,26-,28-/m0/s1. The zero-order valence-electron chi connectivity index (χ0n) is 20.5. The van der Waals surface area contributed by atoms with Gasteiger partial charge in [-0.2, -0.15) is 11.8 Å². The maximum absolute atomic E-state index is 12.7. The zero-order chi connectivity index (χ0) is 24.2. The van der Waals surface area contributed by atoms with Crippen LogP contribution in [0.5, 0.6) is 0 Å². The van der Waals surface area contributed by atoms with Crippen molar-refractivity contribution >= 4 is 29.3 Å². The molecule has 5 nitrogen and oxygen atoms in total. The lowest BCUT2D eigenvalue weighted by atomic mass is 9.93. The molecule has 5 rings (SSSR count). The van der Waals surface area contributed by atoms with Crippen LogP contribution in [0.3, 0.4) is 0 Å². The number of rotatable bonds is 8. The lowest BCUT2D eigenvalue weighted by Gasteiger charge is -2.18. The highest BCUT2D eigenvalue weighted by Gasteiger charge is 2.42. The highest BCUT2D eigenvalue weighted by molar-refractivity contribution is 8.00. The molecule has 35 heavy (non-hydrogen) atoms. The number of unbranched alkanes of at least 4 members (excludes halogenated alkanes) is 1. The van der Waals surface area contributed by atoms with Gasteiger partial charge in [0.25, 0.3) is 0 Å². The van der Waals surface area contributed by atoms with Crippen LogP contribution in [0.15, 0.2) is 54.6 Å². The van der Waals surface area contributed by atoms with Gasteiger partial charge in [0, 0.05) is 31.0 Å². The Morgan fingerprint density at radius 2 is 1.71 bits per heavy atom. The number of aryl methyl sites for hydroxylation is 2. The number of hydrogen-bond acceptors (Lipinski definition) is 3. The summed E-state index contributed by atoms with van der Waals surface area (Å²) < 4.78 is 0. The zero-order valence-corrected chi connectivity index (χ0v) is 21.3. The molecule has 1 aliphatic carbocycles. The SMILES string of the molecule is CN(CCC=C1c2ccccc2CCc2ccccc21)C(=O)CCCC[C@@H]1SC[C@@H]2NC(=O)N[C@@H]21. The molecule has 2 heterocycles. The van der Waals surface area contributed by atoms with Crippen molar-refractivity contribution in [3.05, 3.63) is 76.9 Å². The molecule has 2 fully saturated rings. The molecular formula is C29H35N3O2S. The van der Waals surface area contributed by atoms with Crippen LogP contribution in [-0.2, 0) is 17.6 Å². The summed E-state index contributed by atoms with van der Waals surface area (Å²) in [5.41, 5.74) is 6.76. The smallest absolute Gasteiger partial charge is 0.315 e. The van der Waals surface area contributed by atoms with Crippen LogP contribution in [0.25, 0.3) is 5.57 Å². The largest absolute Gasteiger partial charge is 0.345 e. The molecule has 0 bridgehead atoms. The van der Waals surface area contributed by atoms with Crippen LogP contribution in [0, 0.1) is 0 Å². The number of amides is 3. The number of nitrogens with zero attached hydrogens (tertiary/aromatic N) is 1. The highest BCUT2D eigenvalue weighted by atomic mass is 32.2. The normalized spacial score (nSPS) is 22.4. The minimum absolute atomic E-state index is 0.0344. The van der Waals surface area contributed by atoms with Gasteiger partial charge in [0.15, 0.2) is 0 Å². The Morgan fingerprint density at radius 1 is 1.03 bits per heavy atom. The molecule has 0 aromatic heterocycles. The van der Waals surface area contributed by atoms with Crippen molar-refractivity contribution in [1.29, 1.82) is 0 Å². The molecule has 0 spiro atoms. The van der Waals surface area contributed by atoms with Gasteiger partial charge in [0.05, 0.1) is 12.1 Å². The van der Waals surface area contributed by atoms with Gasteiger partial charge in [-0.05, 0) is 59.9 Å². The predicted molar refractivity (Wildman–Crippen MR) is 144 cm³/mol. The van der Waals surface area contributed by atoms with Crippen molar-refractivity contribution in [1.82, 2.24) is 15.5 Å². The molecule has 2 aromatic rings. The predicted octanol–water partition coefficient (Wildman–Crippen LogP) is 4.79. The minimum atomic E-state index is -0.0344. The Morgan fingerprint density at radius 3 is 2.43 bits per heavy atom. The summed E-state index contributed by atoms with van der Waals surface area (Å²) in [6.45, 7) is 0.729. The fraction of sp³-hybridized carbons (Fsp3) is 0.448. The molecule has 2 saturated heterocycles. The van der Waals surface area contributed by atoms with E-state index in [1.807, 2.05) is 23.7 Å². The van der Waals surface area contributed by atoms with Gasteiger partial charge in [-0.25, -0.2) is 4.79 Å². The summed E-state index contributed by atoms with van der Waals surface area (Å²) in [4.78, 5) is 26.2. The maximum atomic E-state index is 12.7. The van der Waals surface area contributed by atoms with Crippen molar-refractivity contribution in [2.24, 2.45) is 0 Å². The first-order valence-corrected chi connectivity index (χ1v) is 13.9. The van der Waals surface area contributed by atoms with Gasteiger partial charge in [-0.1, -0.05) is 61.0 Å². The van der Waals surface area contributed by atoms with Gasteiger partial charge in [-0.3, -0.25) is 4.79 Å². The first kappa shape index (κ1) is 24.0. The molecule has 3 aliphatic rings. The van der Waals surface area contributed by atoms with Gasteiger partial charge >= 0.3 is 6.03 Å². The monoisotopic (exact) mass is 489 g/mol. The van der Waals surface area contributed by atoms with Crippen molar-refractivity contribution in [2.75, 3.05) is 19.3 Å². The summed E-state index contributed by atoms with van der Waals surface area (Å²) in [5, 5.41) is 6.50. The van der Waals surface area contributed by atoms with Crippen LogP contribution in [0.2, 0.25) is 0 Å². The average molecular weight is 490 g/mol. The van der Waals surface area contributed by atoms with E-state index in [9.17, 15) is 9.59 Å². The number of hydrogen-bond donors (Lipinski definition) is 2. The average Bonchev–Trinajstić information content (AvgIpc) is 3.37. The van der Waals surface area contributed by atoms with E-state index in [1.165, 1.54) is 27.8 Å². The summed E-state index contributed by atoms with van der Waals surface area (Å²) in [6, 6.07) is 17.9. The Balaban J connectivity index is 1.12. The van der Waals surface area contributed by atoms with Gasteiger partial charge < -0.3 is 15.5 Å². The van der Waals surface area contributed by atoms with Crippen molar-refractivity contribution < 1.29 is 9.59 Å². The third kappa shape index (κ3) is 5.43. The van der Waals surface area contributed by atoms with Crippen LogP contribution in [0.4, 0.5) is 4.79 Å². The van der Waals surface area contributed by atoms with Gasteiger partial charge in [0.1, 0.15) is 0 Å². The second-order valence-corrected chi connectivity index (χ2v) is 11.2. The number of benzene rings is 2. The summed E-state index contributed by atoms with van der Waals surface area (Å²) in [5.74, 6) is 1.21. The topological polar surface area (TPSA) is 61.4 Å². The maximum Gasteiger partial charge on any atom is 0.315 e. The molecule has 2 aliphatic heterocycles. The first-order chi connectivity index (χ1) is 17.1. The van der Waals surface area contributed by atoms with Crippen LogP contribution >= 0.6 is 11.8 Å². The lowest BCUT2D eigenvalue weighted by molar-refractivity contribution is -0.129.